The second-order valence-electron chi connectivity index (χ2n) is 8.00. The van der Waals surface area contributed by atoms with E-state index < -0.39 is 0 Å². The highest BCUT2D eigenvalue weighted by atomic mass is 16.5. The van der Waals surface area contributed by atoms with Crippen LogP contribution in [0.2, 0.25) is 0 Å². The molecule has 0 radical (unpaired) electrons. The van der Waals surface area contributed by atoms with E-state index in [-0.39, 0.29) is 0 Å². The Morgan fingerprint density at radius 2 is 1.88 bits per heavy atom. The summed E-state index contributed by atoms with van der Waals surface area (Å²) in [4.78, 5) is 8.82. The summed E-state index contributed by atoms with van der Waals surface area (Å²) < 4.78 is 18.8. The minimum Gasteiger partial charge on any atom is -0.496 e. The zero-order valence-corrected chi connectivity index (χ0v) is 19.2. The lowest BCUT2D eigenvalue weighted by Gasteiger charge is -2.15. The molecule has 0 atom stereocenters. The highest BCUT2D eigenvalue weighted by Crippen LogP contribution is 2.31. The number of methoxy groups -OCH3 is 2. The molecule has 0 aliphatic carbocycles. The zero-order chi connectivity index (χ0) is 22.8. The number of aromatic nitrogens is 5. The van der Waals surface area contributed by atoms with Gasteiger partial charge in [0, 0.05) is 6.20 Å². The molecule has 0 N–H and O–H groups in total. The molecular weight excluding hydrogens is 406 g/mol. The summed E-state index contributed by atoms with van der Waals surface area (Å²) in [7, 11) is 3.28. The third-order valence-electron chi connectivity index (χ3n) is 5.36. The molecule has 4 aromatic rings. The first-order valence-corrected chi connectivity index (χ1v) is 10.5. The Morgan fingerprint density at radius 1 is 1.06 bits per heavy atom. The van der Waals surface area contributed by atoms with Crippen LogP contribution in [0.5, 0.6) is 11.6 Å². The first kappa shape index (κ1) is 21.5. The van der Waals surface area contributed by atoms with Gasteiger partial charge in [0.2, 0.25) is 11.8 Å². The number of nitrogens with zero attached hydrogens (tertiary/aromatic N) is 5. The highest BCUT2D eigenvalue weighted by molar-refractivity contribution is 5.54. The van der Waals surface area contributed by atoms with E-state index in [1.165, 1.54) is 0 Å². The molecule has 3 heterocycles. The maximum absolute atomic E-state index is 5.94. The third kappa shape index (κ3) is 4.21. The molecule has 166 valence electrons. The van der Waals surface area contributed by atoms with Gasteiger partial charge in [0.05, 0.1) is 32.7 Å². The molecule has 1 aromatic carbocycles. The van der Waals surface area contributed by atoms with Crippen LogP contribution >= 0.6 is 0 Å². The second kappa shape index (κ2) is 8.82. The second-order valence-corrected chi connectivity index (χ2v) is 8.00. The van der Waals surface area contributed by atoms with Crippen molar-refractivity contribution >= 4 is 0 Å². The van der Waals surface area contributed by atoms with Crippen molar-refractivity contribution < 1.29 is 13.9 Å². The van der Waals surface area contributed by atoms with E-state index in [1.807, 2.05) is 29.8 Å². The molecule has 3 aromatic heterocycles. The van der Waals surface area contributed by atoms with E-state index in [4.69, 9.17) is 13.9 Å². The van der Waals surface area contributed by atoms with Gasteiger partial charge in [0.15, 0.2) is 0 Å². The first-order chi connectivity index (χ1) is 15.4. The molecule has 0 fully saturated rings. The number of hydrogen-bond donors (Lipinski definition) is 0. The minimum atomic E-state index is 0.344. The van der Waals surface area contributed by atoms with Crippen LogP contribution in [0.3, 0.4) is 0 Å². The summed E-state index contributed by atoms with van der Waals surface area (Å²) in [5.41, 5.74) is 5.64. The van der Waals surface area contributed by atoms with Gasteiger partial charge in [-0.15, -0.1) is 10.2 Å². The molecule has 0 amide bonds. The SMILES string of the molecule is COc1cc(C)c(Cc2nnc(-c3ccc(-n4cnc(C)c4)c(OC)n3)o2)cc1C(C)C. The summed E-state index contributed by atoms with van der Waals surface area (Å²) in [5, 5.41) is 8.45. The molecule has 4 rings (SSSR count). The molecule has 0 aliphatic rings. The predicted molar refractivity (Wildman–Crippen MR) is 121 cm³/mol. The van der Waals surface area contributed by atoms with Crippen LogP contribution in [0.25, 0.3) is 17.3 Å². The lowest BCUT2D eigenvalue weighted by molar-refractivity contribution is 0.395. The number of ether oxygens (including phenoxy) is 2. The van der Waals surface area contributed by atoms with E-state index in [0.29, 0.717) is 35.7 Å². The van der Waals surface area contributed by atoms with Gasteiger partial charge in [-0.3, -0.25) is 0 Å². The van der Waals surface area contributed by atoms with Crippen LogP contribution in [0.15, 0.2) is 41.2 Å². The number of rotatable bonds is 7. The lowest BCUT2D eigenvalue weighted by atomic mass is 9.95. The van der Waals surface area contributed by atoms with Crippen LogP contribution in [0.1, 0.15) is 48.0 Å². The van der Waals surface area contributed by atoms with Crippen LogP contribution in [-0.4, -0.2) is 39.0 Å². The van der Waals surface area contributed by atoms with Gasteiger partial charge in [-0.2, -0.15) is 0 Å². The average molecular weight is 434 g/mol. The minimum absolute atomic E-state index is 0.344. The number of aryl methyl sites for hydroxylation is 2. The largest absolute Gasteiger partial charge is 0.496 e. The summed E-state index contributed by atoms with van der Waals surface area (Å²) in [6.07, 6.45) is 4.17. The van der Waals surface area contributed by atoms with E-state index in [1.54, 1.807) is 20.5 Å². The fourth-order valence-electron chi connectivity index (χ4n) is 3.61. The van der Waals surface area contributed by atoms with Crippen molar-refractivity contribution in [3.05, 3.63) is 65.1 Å². The Hall–Kier alpha value is -3.68. The van der Waals surface area contributed by atoms with E-state index >= 15 is 0 Å². The predicted octanol–water partition coefficient (Wildman–Crippen LogP) is 4.67. The maximum Gasteiger partial charge on any atom is 0.266 e. The van der Waals surface area contributed by atoms with E-state index in [0.717, 1.165) is 33.8 Å². The Labute approximate surface area is 187 Å². The number of benzene rings is 1. The van der Waals surface area contributed by atoms with Crippen molar-refractivity contribution in [1.29, 1.82) is 0 Å². The maximum atomic E-state index is 5.94. The fraction of sp³-hybridized carbons (Fsp3) is 0.333. The monoisotopic (exact) mass is 433 g/mol. The van der Waals surface area contributed by atoms with Crippen molar-refractivity contribution in [3.8, 4) is 28.9 Å². The first-order valence-electron chi connectivity index (χ1n) is 10.5. The summed E-state index contributed by atoms with van der Waals surface area (Å²) in [5.74, 6) is 2.57. The van der Waals surface area contributed by atoms with Gasteiger partial charge in [0.25, 0.3) is 5.89 Å². The Morgan fingerprint density at radius 3 is 2.53 bits per heavy atom. The van der Waals surface area contributed by atoms with Crippen molar-refractivity contribution in [2.45, 2.75) is 40.0 Å². The molecule has 0 saturated carbocycles. The lowest BCUT2D eigenvalue weighted by Crippen LogP contribution is -2.00. The van der Waals surface area contributed by atoms with Gasteiger partial charge >= 0.3 is 0 Å². The van der Waals surface area contributed by atoms with Gasteiger partial charge in [-0.05, 0) is 54.7 Å². The number of imidazole rings is 1. The third-order valence-corrected chi connectivity index (χ3v) is 5.36. The van der Waals surface area contributed by atoms with Crippen molar-refractivity contribution in [3.63, 3.8) is 0 Å². The molecule has 0 spiro atoms. The van der Waals surface area contributed by atoms with Gasteiger partial charge < -0.3 is 18.5 Å². The van der Waals surface area contributed by atoms with Gasteiger partial charge in [-0.25, -0.2) is 9.97 Å². The topological polar surface area (TPSA) is 88.1 Å². The van der Waals surface area contributed by atoms with Crippen LogP contribution in [-0.2, 0) is 6.42 Å². The van der Waals surface area contributed by atoms with Gasteiger partial charge in [-0.1, -0.05) is 19.9 Å². The molecule has 8 nitrogen and oxygen atoms in total. The van der Waals surface area contributed by atoms with Gasteiger partial charge in [0.1, 0.15) is 17.1 Å². The van der Waals surface area contributed by atoms with Crippen molar-refractivity contribution in [1.82, 2.24) is 24.7 Å². The number of hydrogen-bond acceptors (Lipinski definition) is 7. The summed E-state index contributed by atoms with van der Waals surface area (Å²) in [6, 6.07) is 7.95. The van der Waals surface area contributed by atoms with E-state index in [9.17, 15) is 0 Å². The zero-order valence-electron chi connectivity index (χ0n) is 19.2. The Bertz CT molecular complexity index is 1240. The fourth-order valence-corrected chi connectivity index (χ4v) is 3.61. The quantitative estimate of drug-likeness (QED) is 0.419. The average Bonchev–Trinajstić information content (AvgIpc) is 3.43. The molecule has 32 heavy (non-hydrogen) atoms. The summed E-state index contributed by atoms with van der Waals surface area (Å²) in [6.45, 7) is 8.28. The molecule has 0 unspecified atom stereocenters. The molecular formula is C24H27N5O3. The smallest absolute Gasteiger partial charge is 0.266 e. The Kier molecular flexibility index (Phi) is 5.94. The van der Waals surface area contributed by atoms with Crippen molar-refractivity contribution in [2.24, 2.45) is 0 Å². The molecule has 8 heteroatoms. The molecule has 0 aliphatic heterocycles. The highest BCUT2D eigenvalue weighted by Gasteiger charge is 2.17. The summed E-state index contributed by atoms with van der Waals surface area (Å²) >= 11 is 0. The standard InChI is InChI=1S/C24H27N5O3/c1-14(2)18-10-17(15(3)9-21(18)30-5)11-22-27-28-23(32-22)19-7-8-20(24(26-19)31-6)29-12-16(4)25-13-29/h7-10,12-14H,11H2,1-6H3. The van der Waals surface area contributed by atoms with Crippen LogP contribution in [0, 0.1) is 13.8 Å². The van der Waals surface area contributed by atoms with Crippen LogP contribution in [0.4, 0.5) is 0 Å². The molecule has 0 bridgehead atoms. The Balaban J connectivity index is 1.61. The van der Waals surface area contributed by atoms with Crippen molar-refractivity contribution in [2.75, 3.05) is 14.2 Å². The normalized spacial score (nSPS) is 11.2. The molecule has 0 saturated heterocycles. The number of pyridine rings is 1. The van der Waals surface area contributed by atoms with Crippen LogP contribution < -0.4 is 9.47 Å². The van der Waals surface area contributed by atoms with E-state index in [2.05, 4.69) is 53.1 Å².